The maximum Gasteiger partial charge on any atom is 0.323 e. The van der Waals surface area contributed by atoms with Crippen molar-refractivity contribution in [2.24, 2.45) is 0 Å². The Hall–Kier alpha value is -1.14. The van der Waals surface area contributed by atoms with Crippen LogP contribution in [0.15, 0.2) is 0 Å². The van der Waals surface area contributed by atoms with Crippen LogP contribution in [-0.4, -0.2) is 59.3 Å². The lowest BCUT2D eigenvalue weighted by Crippen LogP contribution is -2.59. The van der Waals surface area contributed by atoms with E-state index in [9.17, 15) is 9.59 Å². The maximum absolute atomic E-state index is 11.2. The first-order valence-corrected chi connectivity index (χ1v) is 6.09. The van der Waals surface area contributed by atoms with E-state index in [1.807, 2.05) is 25.7 Å². The zero-order valence-corrected chi connectivity index (χ0v) is 11.4. The van der Waals surface area contributed by atoms with Crippen LogP contribution in [0, 0.1) is 0 Å². The largest absolute Gasteiger partial charge is 0.480 e. The van der Waals surface area contributed by atoms with Gasteiger partial charge in [-0.1, -0.05) is 0 Å². The molecule has 1 heterocycles. The number of morpholine rings is 1. The molecule has 1 amide bonds. The van der Waals surface area contributed by atoms with Crippen molar-refractivity contribution < 1.29 is 19.4 Å². The molecule has 104 valence electrons. The molecule has 0 bridgehead atoms. The molecule has 18 heavy (non-hydrogen) atoms. The zero-order valence-electron chi connectivity index (χ0n) is 11.4. The van der Waals surface area contributed by atoms with Gasteiger partial charge in [0, 0.05) is 26.1 Å². The Balaban J connectivity index is 2.67. The molecule has 0 aliphatic carbocycles. The summed E-state index contributed by atoms with van der Waals surface area (Å²) in [5.41, 5.74) is -0.359. The van der Waals surface area contributed by atoms with Gasteiger partial charge in [0.2, 0.25) is 5.91 Å². The molecule has 6 nitrogen and oxygen atoms in total. The Morgan fingerprint density at radius 2 is 2.17 bits per heavy atom. The number of carboxylic acids is 1. The first kappa shape index (κ1) is 14.9. The van der Waals surface area contributed by atoms with Gasteiger partial charge in [0.15, 0.2) is 0 Å². The van der Waals surface area contributed by atoms with Crippen molar-refractivity contribution in [3.63, 3.8) is 0 Å². The highest BCUT2D eigenvalue weighted by Crippen LogP contribution is 2.21. The third-order valence-electron chi connectivity index (χ3n) is 2.90. The van der Waals surface area contributed by atoms with Gasteiger partial charge in [0.05, 0.1) is 12.2 Å². The summed E-state index contributed by atoms with van der Waals surface area (Å²) in [5.74, 6) is -0.998. The Morgan fingerprint density at radius 3 is 2.67 bits per heavy atom. The first-order valence-electron chi connectivity index (χ1n) is 6.09. The predicted octanol–water partition coefficient (Wildman–Crippen LogP) is 0.0750. The summed E-state index contributed by atoms with van der Waals surface area (Å²) in [6, 6.07) is -0.729. The van der Waals surface area contributed by atoms with E-state index in [1.54, 1.807) is 0 Å². The van der Waals surface area contributed by atoms with Gasteiger partial charge in [-0.3, -0.25) is 14.5 Å². The summed E-state index contributed by atoms with van der Waals surface area (Å²) >= 11 is 0. The molecule has 0 aromatic rings. The monoisotopic (exact) mass is 258 g/mol. The van der Waals surface area contributed by atoms with Gasteiger partial charge in [0.1, 0.15) is 6.04 Å². The van der Waals surface area contributed by atoms with Gasteiger partial charge in [-0.15, -0.1) is 0 Å². The lowest BCUT2D eigenvalue weighted by Gasteiger charge is -2.42. The third kappa shape index (κ3) is 4.27. The van der Waals surface area contributed by atoms with Gasteiger partial charge in [-0.25, -0.2) is 0 Å². The van der Waals surface area contributed by atoms with Crippen molar-refractivity contribution in [2.75, 3.05) is 19.7 Å². The lowest BCUT2D eigenvalue weighted by atomic mass is 10.0. The fourth-order valence-corrected chi connectivity index (χ4v) is 2.22. The highest BCUT2D eigenvalue weighted by Gasteiger charge is 2.37. The number of nitrogens with one attached hydrogen (secondary N) is 1. The molecule has 0 aromatic carbocycles. The van der Waals surface area contributed by atoms with Crippen molar-refractivity contribution in [1.29, 1.82) is 0 Å². The third-order valence-corrected chi connectivity index (χ3v) is 2.90. The van der Waals surface area contributed by atoms with Gasteiger partial charge < -0.3 is 15.2 Å². The topological polar surface area (TPSA) is 78.9 Å². The molecule has 1 aliphatic rings. The molecule has 1 saturated heterocycles. The summed E-state index contributed by atoms with van der Waals surface area (Å²) in [7, 11) is 0. The van der Waals surface area contributed by atoms with Gasteiger partial charge >= 0.3 is 5.97 Å². The fraction of sp³-hybridized carbons (Fsp3) is 0.833. The average Bonchev–Trinajstić information content (AvgIpc) is 2.13. The molecule has 2 atom stereocenters. The van der Waals surface area contributed by atoms with E-state index in [0.29, 0.717) is 13.1 Å². The smallest absolute Gasteiger partial charge is 0.323 e. The number of amides is 1. The summed E-state index contributed by atoms with van der Waals surface area (Å²) in [6.07, 6.45) is 0. The average molecular weight is 258 g/mol. The van der Waals surface area contributed by atoms with E-state index in [2.05, 4.69) is 5.32 Å². The molecule has 1 aliphatic heterocycles. The van der Waals surface area contributed by atoms with E-state index in [-0.39, 0.29) is 24.2 Å². The number of ether oxygens (including phenoxy) is 1. The standard InChI is InChI=1S/C12H22N2O4/c1-8(13-9(2)15)5-14-7-12(3,4)18-6-10(14)11(16)17/h8,10H,5-7H2,1-4H3,(H,13,15)(H,16,17)/t8-,10?/m0/s1. The summed E-state index contributed by atoms with van der Waals surface area (Å²) in [6.45, 7) is 8.39. The molecule has 0 saturated carbocycles. The fourth-order valence-electron chi connectivity index (χ4n) is 2.22. The van der Waals surface area contributed by atoms with Gasteiger partial charge in [-0.05, 0) is 20.8 Å². The maximum atomic E-state index is 11.2. The Morgan fingerprint density at radius 1 is 1.56 bits per heavy atom. The minimum absolute atomic E-state index is 0.0850. The van der Waals surface area contributed by atoms with Crippen LogP contribution < -0.4 is 5.32 Å². The van der Waals surface area contributed by atoms with Crippen LogP contribution in [0.2, 0.25) is 0 Å². The molecule has 6 heteroatoms. The van der Waals surface area contributed by atoms with Crippen LogP contribution in [-0.2, 0) is 14.3 Å². The SMILES string of the molecule is CC(=O)N[C@@H](C)CN1CC(C)(C)OCC1C(=O)O. The molecule has 1 rings (SSSR count). The van der Waals surface area contributed by atoms with Gasteiger partial charge in [-0.2, -0.15) is 0 Å². The zero-order chi connectivity index (χ0) is 13.9. The number of rotatable bonds is 4. The van der Waals surface area contributed by atoms with Crippen molar-refractivity contribution in [3.05, 3.63) is 0 Å². The van der Waals surface area contributed by atoms with E-state index in [0.717, 1.165) is 0 Å². The van der Waals surface area contributed by atoms with Crippen molar-refractivity contribution >= 4 is 11.9 Å². The second kappa shape index (κ2) is 5.67. The predicted molar refractivity (Wildman–Crippen MR) is 66.3 cm³/mol. The number of hydrogen-bond donors (Lipinski definition) is 2. The lowest BCUT2D eigenvalue weighted by molar-refractivity contribution is -0.162. The summed E-state index contributed by atoms with van der Waals surface area (Å²) < 4.78 is 5.52. The molecule has 0 aromatic heterocycles. The van der Waals surface area contributed by atoms with E-state index >= 15 is 0 Å². The second-order valence-corrected chi connectivity index (χ2v) is 5.46. The number of carbonyl (C=O) groups excluding carboxylic acids is 1. The summed E-state index contributed by atoms with van der Waals surface area (Å²) in [4.78, 5) is 24.0. The van der Waals surface area contributed by atoms with E-state index in [4.69, 9.17) is 9.84 Å². The van der Waals surface area contributed by atoms with Crippen LogP contribution in [0.25, 0.3) is 0 Å². The van der Waals surface area contributed by atoms with Crippen molar-refractivity contribution in [1.82, 2.24) is 10.2 Å². The quantitative estimate of drug-likeness (QED) is 0.746. The van der Waals surface area contributed by atoms with Crippen LogP contribution >= 0.6 is 0 Å². The number of hydrogen-bond acceptors (Lipinski definition) is 4. The molecule has 0 radical (unpaired) electrons. The molecule has 2 N–H and O–H groups in total. The highest BCUT2D eigenvalue weighted by atomic mass is 16.5. The van der Waals surface area contributed by atoms with Crippen molar-refractivity contribution in [2.45, 2.75) is 45.4 Å². The Kier molecular flexibility index (Phi) is 4.70. The van der Waals surface area contributed by atoms with Crippen LogP contribution in [0.4, 0.5) is 0 Å². The number of carbonyl (C=O) groups is 2. The van der Waals surface area contributed by atoms with Crippen molar-refractivity contribution in [3.8, 4) is 0 Å². The highest BCUT2D eigenvalue weighted by molar-refractivity contribution is 5.74. The number of nitrogens with zero attached hydrogens (tertiary/aromatic N) is 1. The molecule has 0 spiro atoms. The van der Waals surface area contributed by atoms with Crippen LogP contribution in [0.1, 0.15) is 27.7 Å². The summed E-state index contributed by atoms with van der Waals surface area (Å²) in [5, 5.41) is 11.9. The number of carboxylic acid groups (broad SMARTS) is 1. The van der Waals surface area contributed by atoms with Crippen LogP contribution in [0.5, 0.6) is 0 Å². The molecule has 1 unspecified atom stereocenters. The Labute approximate surface area is 107 Å². The van der Waals surface area contributed by atoms with Crippen LogP contribution in [0.3, 0.4) is 0 Å². The molecule has 1 fully saturated rings. The molecular weight excluding hydrogens is 236 g/mol. The minimum Gasteiger partial charge on any atom is -0.480 e. The number of aliphatic carboxylic acids is 1. The van der Waals surface area contributed by atoms with Gasteiger partial charge in [0.25, 0.3) is 0 Å². The van der Waals surface area contributed by atoms with E-state index < -0.39 is 12.0 Å². The second-order valence-electron chi connectivity index (χ2n) is 5.46. The minimum atomic E-state index is -0.888. The normalized spacial score (nSPS) is 25.4. The first-order chi connectivity index (χ1) is 8.21. The molecular formula is C12H22N2O4. The van der Waals surface area contributed by atoms with E-state index in [1.165, 1.54) is 6.92 Å². The Bertz CT molecular complexity index is 330.